The predicted molar refractivity (Wildman–Crippen MR) is 135 cm³/mol. The molecule has 0 aliphatic carbocycles. The fourth-order valence-corrected chi connectivity index (χ4v) is 8.60. The van der Waals surface area contributed by atoms with Crippen LogP contribution >= 0.6 is 11.8 Å². The molecule has 1 spiro atoms. The molecule has 3 saturated heterocycles. The normalized spacial score (nSPS) is 37.9. The number of hydrogen-bond donors (Lipinski definition) is 1. The van der Waals surface area contributed by atoms with Crippen molar-refractivity contribution in [2.75, 3.05) is 65.7 Å². The highest BCUT2D eigenvalue weighted by molar-refractivity contribution is 8.02. The Morgan fingerprint density at radius 1 is 1.03 bits per heavy atom. The van der Waals surface area contributed by atoms with Crippen molar-refractivity contribution in [1.82, 2.24) is 14.7 Å². The molecule has 0 radical (unpaired) electrons. The van der Waals surface area contributed by atoms with Crippen LogP contribution in [0.15, 0.2) is 24.3 Å². The van der Waals surface area contributed by atoms with Gasteiger partial charge in [0.15, 0.2) is 0 Å². The van der Waals surface area contributed by atoms with Crippen molar-refractivity contribution < 1.29 is 29.0 Å². The molecule has 5 heterocycles. The molecule has 10 heteroatoms. The number of carbonyl (C=O) groups excluding carboxylic acids is 3. The standard InChI is InChI=1S/C26H37N3O6S/c1-25-7-3-2-4-16-35-24(33)20(25)19-22(31)29(10-6-15-30)21-23(32)28(9-5-8-26(19,21)36-25)12-11-27-13-17-34-18-14-27/h3,5,7-8,19-21,30H,2,4,6,9-18H2,1H3/b7-3-/t19-,20-,21?,25+,26-/m0/s1. The molecule has 0 aromatic heterocycles. The zero-order valence-corrected chi connectivity index (χ0v) is 21.8. The number of morpholine rings is 1. The van der Waals surface area contributed by atoms with Crippen LogP contribution in [0.5, 0.6) is 0 Å². The number of cyclic esters (lactones) is 1. The van der Waals surface area contributed by atoms with Gasteiger partial charge in [0.2, 0.25) is 11.8 Å². The van der Waals surface area contributed by atoms with Crippen molar-refractivity contribution in [2.45, 2.75) is 41.7 Å². The Balaban J connectivity index is 1.49. The minimum Gasteiger partial charge on any atom is -0.465 e. The Hall–Kier alpha value is -1.88. The van der Waals surface area contributed by atoms with E-state index >= 15 is 0 Å². The molecule has 0 aromatic carbocycles. The Morgan fingerprint density at radius 2 is 1.83 bits per heavy atom. The van der Waals surface area contributed by atoms with E-state index in [4.69, 9.17) is 9.47 Å². The molecular weight excluding hydrogens is 482 g/mol. The lowest BCUT2D eigenvalue weighted by Crippen LogP contribution is -2.54. The highest BCUT2D eigenvalue weighted by atomic mass is 32.2. The highest BCUT2D eigenvalue weighted by Gasteiger charge is 2.73. The zero-order chi connectivity index (χ0) is 25.3. The smallest absolute Gasteiger partial charge is 0.311 e. The lowest BCUT2D eigenvalue weighted by atomic mass is 9.74. The van der Waals surface area contributed by atoms with Crippen molar-refractivity contribution >= 4 is 29.5 Å². The van der Waals surface area contributed by atoms with E-state index in [1.165, 1.54) is 0 Å². The molecule has 36 heavy (non-hydrogen) atoms. The van der Waals surface area contributed by atoms with Crippen molar-refractivity contribution in [3.8, 4) is 0 Å². The van der Waals surface area contributed by atoms with Gasteiger partial charge in [0.1, 0.15) is 6.04 Å². The van der Waals surface area contributed by atoms with Crippen molar-refractivity contribution in [3.63, 3.8) is 0 Å². The van der Waals surface area contributed by atoms with Crippen LogP contribution in [0, 0.1) is 11.8 Å². The number of esters is 1. The number of allylic oxidation sites excluding steroid dienone is 1. The number of hydrogen-bond acceptors (Lipinski definition) is 8. The number of likely N-dealkylation sites (tertiary alicyclic amines) is 1. The van der Waals surface area contributed by atoms with Gasteiger partial charge in [0.25, 0.3) is 0 Å². The van der Waals surface area contributed by atoms with E-state index in [0.29, 0.717) is 39.3 Å². The summed E-state index contributed by atoms with van der Waals surface area (Å²) in [6.07, 6.45) is 10.1. The van der Waals surface area contributed by atoms with E-state index in [1.807, 2.05) is 24.0 Å². The summed E-state index contributed by atoms with van der Waals surface area (Å²) in [5.41, 5.74) is 0. The first-order chi connectivity index (χ1) is 17.4. The Labute approximate surface area is 216 Å². The van der Waals surface area contributed by atoms with E-state index in [2.05, 4.69) is 17.1 Å². The number of aliphatic hydroxyl groups is 1. The van der Waals surface area contributed by atoms with Crippen molar-refractivity contribution in [2.24, 2.45) is 11.8 Å². The second-order valence-electron chi connectivity index (χ2n) is 10.5. The number of carbonyl (C=O) groups is 3. The van der Waals surface area contributed by atoms with Gasteiger partial charge >= 0.3 is 5.97 Å². The van der Waals surface area contributed by atoms with Gasteiger partial charge in [0, 0.05) is 50.6 Å². The molecule has 3 fully saturated rings. The maximum atomic E-state index is 14.2. The average molecular weight is 520 g/mol. The van der Waals surface area contributed by atoms with Gasteiger partial charge in [-0.2, -0.15) is 0 Å². The molecule has 198 valence electrons. The Bertz CT molecular complexity index is 937. The van der Waals surface area contributed by atoms with Gasteiger partial charge in [-0.25, -0.2) is 0 Å². The van der Waals surface area contributed by atoms with Gasteiger partial charge in [0.05, 0.1) is 36.4 Å². The molecular formula is C26H37N3O6S. The van der Waals surface area contributed by atoms with Crippen LogP contribution in [-0.2, 0) is 23.9 Å². The van der Waals surface area contributed by atoms with Crippen LogP contribution in [0.3, 0.4) is 0 Å². The number of amides is 2. The molecule has 5 aliphatic rings. The molecule has 0 bridgehead atoms. The lowest BCUT2D eigenvalue weighted by Gasteiger charge is -2.37. The molecule has 5 rings (SSSR count). The number of rotatable bonds is 6. The van der Waals surface area contributed by atoms with Gasteiger partial charge in [-0.05, 0) is 26.2 Å². The summed E-state index contributed by atoms with van der Waals surface area (Å²) in [6.45, 7) is 7.42. The summed E-state index contributed by atoms with van der Waals surface area (Å²) < 4.78 is 9.57. The topological polar surface area (TPSA) is 99.6 Å². The first-order valence-electron chi connectivity index (χ1n) is 13.1. The molecule has 1 N–H and O–H groups in total. The van der Waals surface area contributed by atoms with Crippen LogP contribution in [0.4, 0.5) is 0 Å². The Morgan fingerprint density at radius 3 is 2.61 bits per heavy atom. The largest absolute Gasteiger partial charge is 0.465 e. The second-order valence-corrected chi connectivity index (χ2v) is 12.2. The SMILES string of the molecule is C[C@@]12/C=C\CCCOC(=O)[C@@H]1[C@H]1C(=O)N(CCCO)C3C(=O)N(CCN4CCOCC4)CC=C[C@@]31S2. The number of fused-ring (bicyclic) bond motifs is 2. The van der Waals surface area contributed by atoms with Gasteiger partial charge in [-0.1, -0.05) is 24.3 Å². The first-order valence-corrected chi connectivity index (χ1v) is 14.0. The highest BCUT2D eigenvalue weighted by Crippen LogP contribution is 2.65. The van der Waals surface area contributed by atoms with Crippen molar-refractivity contribution in [1.29, 1.82) is 0 Å². The quantitative estimate of drug-likeness (QED) is 0.404. The zero-order valence-electron chi connectivity index (χ0n) is 21.0. The summed E-state index contributed by atoms with van der Waals surface area (Å²) in [4.78, 5) is 47.4. The molecule has 5 atom stereocenters. The number of thioether (sulfide) groups is 1. The molecule has 5 aliphatic heterocycles. The first kappa shape index (κ1) is 25.8. The third-order valence-corrected chi connectivity index (χ3v) is 9.98. The van der Waals surface area contributed by atoms with Crippen LogP contribution in [0.25, 0.3) is 0 Å². The fourth-order valence-electron chi connectivity index (χ4n) is 6.45. The number of aliphatic hydroxyl groups excluding tert-OH is 1. The van der Waals surface area contributed by atoms with E-state index in [0.717, 1.165) is 32.5 Å². The van der Waals surface area contributed by atoms with Crippen LogP contribution < -0.4 is 0 Å². The molecule has 9 nitrogen and oxygen atoms in total. The maximum Gasteiger partial charge on any atom is 0.311 e. The minimum atomic E-state index is -0.862. The van der Waals surface area contributed by atoms with E-state index < -0.39 is 27.4 Å². The maximum absolute atomic E-state index is 14.2. The predicted octanol–water partition coefficient (Wildman–Crippen LogP) is 0.680. The summed E-state index contributed by atoms with van der Waals surface area (Å²) in [5.74, 6) is -1.99. The van der Waals surface area contributed by atoms with Crippen molar-refractivity contribution in [3.05, 3.63) is 24.3 Å². The monoisotopic (exact) mass is 519 g/mol. The Kier molecular flexibility index (Phi) is 7.49. The van der Waals surface area contributed by atoms with Gasteiger partial charge < -0.3 is 24.4 Å². The van der Waals surface area contributed by atoms with Gasteiger partial charge in [-0.3, -0.25) is 19.3 Å². The summed E-state index contributed by atoms with van der Waals surface area (Å²) in [7, 11) is 0. The fraction of sp³-hybridized carbons (Fsp3) is 0.731. The minimum absolute atomic E-state index is 0.0714. The average Bonchev–Trinajstić information content (AvgIpc) is 3.22. The van der Waals surface area contributed by atoms with Crippen LogP contribution in [0.1, 0.15) is 26.2 Å². The molecule has 0 aromatic rings. The second kappa shape index (κ2) is 10.5. The molecule has 1 unspecified atom stereocenters. The molecule has 0 saturated carbocycles. The van der Waals surface area contributed by atoms with Gasteiger partial charge in [-0.15, -0.1) is 11.8 Å². The number of nitrogens with zero attached hydrogens (tertiary/aromatic N) is 3. The molecule has 2 amide bonds. The summed E-state index contributed by atoms with van der Waals surface area (Å²) in [5, 5.41) is 9.53. The third-order valence-electron chi connectivity index (χ3n) is 8.18. The number of ether oxygens (including phenoxy) is 2. The van der Waals surface area contributed by atoms with E-state index in [-0.39, 0.29) is 30.9 Å². The lowest BCUT2D eigenvalue weighted by molar-refractivity contribution is -0.154. The third kappa shape index (κ3) is 4.40. The van der Waals surface area contributed by atoms with Crippen LogP contribution in [-0.4, -0.2) is 119 Å². The van der Waals surface area contributed by atoms with E-state index in [9.17, 15) is 19.5 Å². The summed E-state index contributed by atoms with van der Waals surface area (Å²) in [6, 6.07) is -0.719. The summed E-state index contributed by atoms with van der Waals surface area (Å²) >= 11 is 1.57. The van der Waals surface area contributed by atoms with E-state index in [1.54, 1.807) is 16.7 Å². The van der Waals surface area contributed by atoms with Crippen LogP contribution in [0.2, 0.25) is 0 Å².